The first-order valence-corrected chi connectivity index (χ1v) is 9.20. The van der Waals surface area contributed by atoms with E-state index in [1.807, 2.05) is 6.07 Å². The lowest BCUT2D eigenvalue weighted by atomic mass is 10.0. The van der Waals surface area contributed by atoms with E-state index in [-0.39, 0.29) is 4.90 Å². The molecule has 0 spiro atoms. The SMILES string of the molecule is CS(=O)(=O)c1cccc(NCCCC2CCCC2)c1N. The third-order valence-corrected chi connectivity index (χ3v) is 5.20. The van der Waals surface area contributed by atoms with E-state index in [1.54, 1.807) is 12.1 Å². The number of nitrogens with two attached hydrogens (primary N) is 1. The zero-order chi connectivity index (χ0) is 14.6. The van der Waals surface area contributed by atoms with Crippen LogP contribution in [0.5, 0.6) is 0 Å². The van der Waals surface area contributed by atoms with Gasteiger partial charge in [0.15, 0.2) is 9.84 Å². The van der Waals surface area contributed by atoms with E-state index in [0.717, 1.165) is 24.6 Å². The zero-order valence-corrected chi connectivity index (χ0v) is 12.9. The number of sulfone groups is 1. The average molecular weight is 296 g/mol. The Bertz CT molecular complexity index is 549. The van der Waals surface area contributed by atoms with Crippen molar-refractivity contribution in [2.75, 3.05) is 23.9 Å². The normalized spacial score (nSPS) is 16.4. The van der Waals surface area contributed by atoms with E-state index in [1.165, 1.54) is 38.4 Å². The number of rotatable bonds is 6. The predicted octanol–water partition coefficient (Wildman–Crippen LogP) is 3.05. The van der Waals surface area contributed by atoms with Crippen molar-refractivity contribution in [3.8, 4) is 0 Å². The van der Waals surface area contributed by atoms with E-state index in [2.05, 4.69) is 5.32 Å². The van der Waals surface area contributed by atoms with Crippen LogP contribution >= 0.6 is 0 Å². The molecule has 0 radical (unpaired) electrons. The van der Waals surface area contributed by atoms with Gasteiger partial charge >= 0.3 is 0 Å². The second kappa shape index (κ2) is 6.48. The van der Waals surface area contributed by atoms with E-state index in [4.69, 9.17) is 5.73 Å². The molecule has 1 aliphatic rings. The molecule has 1 saturated carbocycles. The first-order valence-electron chi connectivity index (χ1n) is 7.31. The third kappa shape index (κ3) is 3.88. The van der Waals surface area contributed by atoms with Gasteiger partial charge in [-0.25, -0.2) is 8.42 Å². The number of nitrogen functional groups attached to an aromatic ring is 1. The summed E-state index contributed by atoms with van der Waals surface area (Å²) in [7, 11) is -3.26. The van der Waals surface area contributed by atoms with Gasteiger partial charge in [0.2, 0.25) is 0 Å². The molecule has 20 heavy (non-hydrogen) atoms. The summed E-state index contributed by atoms with van der Waals surface area (Å²) in [6.07, 6.45) is 9.02. The zero-order valence-electron chi connectivity index (χ0n) is 12.1. The summed E-state index contributed by atoms with van der Waals surface area (Å²) >= 11 is 0. The van der Waals surface area contributed by atoms with Crippen LogP contribution in [-0.2, 0) is 9.84 Å². The molecule has 1 fully saturated rings. The molecule has 5 heteroatoms. The van der Waals surface area contributed by atoms with Crippen molar-refractivity contribution in [3.05, 3.63) is 18.2 Å². The molecule has 0 unspecified atom stereocenters. The molecule has 0 aliphatic heterocycles. The Kier molecular flexibility index (Phi) is 4.91. The smallest absolute Gasteiger partial charge is 0.177 e. The quantitative estimate of drug-likeness (QED) is 0.625. The lowest BCUT2D eigenvalue weighted by molar-refractivity contribution is 0.491. The first kappa shape index (κ1) is 15.2. The number of anilines is 2. The second-order valence-electron chi connectivity index (χ2n) is 5.71. The minimum absolute atomic E-state index is 0.207. The Morgan fingerprint density at radius 2 is 2.00 bits per heavy atom. The van der Waals surface area contributed by atoms with Crippen LogP contribution in [0.4, 0.5) is 11.4 Å². The standard InChI is InChI=1S/C15H24N2O2S/c1-20(18,19)14-10-4-9-13(15(14)16)17-11-5-8-12-6-2-3-7-12/h4,9-10,12,17H,2-3,5-8,11,16H2,1H3. The molecule has 2 rings (SSSR count). The highest BCUT2D eigenvalue weighted by Gasteiger charge is 2.15. The predicted molar refractivity (Wildman–Crippen MR) is 83.6 cm³/mol. The molecule has 112 valence electrons. The van der Waals surface area contributed by atoms with Gasteiger partial charge in [-0.2, -0.15) is 0 Å². The van der Waals surface area contributed by atoms with E-state index >= 15 is 0 Å². The Morgan fingerprint density at radius 1 is 1.30 bits per heavy atom. The Balaban J connectivity index is 1.89. The van der Waals surface area contributed by atoms with Crippen LogP contribution in [0.3, 0.4) is 0 Å². The topological polar surface area (TPSA) is 72.2 Å². The Labute approximate surface area is 121 Å². The maximum absolute atomic E-state index is 11.6. The fourth-order valence-corrected chi connectivity index (χ4v) is 3.77. The van der Waals surface area contributed by atoms with Gasteiger partial charge in [0.1, 0.15) is 0 Å². The Morgan fingerprint density at radius 3 is 2.65 bits per heavy atom. The van der Waals surface area contributed by atoms with Crippen molar-refractivity contribution >= 4 is 21.2 Å². The minimum atomic E-state index is -3.26. The summed E-state index contributed by atoms with van der Waals surface area (Å²) in [5.74, 6) is 0.886. The summed E-state index contributed by atoms with van der Waals surface area (Å²) in [5, 5.41) is 3.26. The number of hydrogen-bond donors (Lipinski definition) is 2. The summed E-state index contributed by atoms with van der Waals surface area (Å²) in [5.41, 5.74) is 6.98. The van der Waals surface area contributed by atoms with Gasteiger partial charge in [0.05, 0.1) is 16.3 Å². The molecule has 0 saturated heterocycles. The van der Waals surface area contributed by atoms with Crippen molar-refractivity contribution in [2.24, 2.45) is 5.92 Å². The van der Waals surface area contributed by atoms with Crippen LogP contribution in [0.2, 0.25) is 0 Å². The molecule has 0 heterocycles. The summed E-state index contributed by atoms with van der Waals surface area (Å²) in [6.45, 7) is 0.841. The van der Waals surface area contributed by atoms with Gasteiger partial charge in [-0.15, -0.1) is 0 Å². The molecule has 4 nitrogen and oxygen atoms in total. The first-order chi connectivity index (χ1) is 9.48. The van der Waals surface area contributed by atoms with Gasteiger partial charge in [0.25, 0.3) is 0 Å². The molecule has 0 atom stereocenters. The summed E-state index contributed by atoms with van der Waals surface area (Å²) in [6, 6.07) is 5.11. The van der Waals surface area contributed by atoms with Crippen molar-refractivity contribution < 1.29 is 8.42 Å². The minimum Gasteiger partial charge on any atom is -0.396 e. The van der Waals surface area contributed by atoms with Gasteiger partial charge < -0.3 is 11.1 Å². The molecule has 1 aliphatic carbocycles. The highest BCUT2D eigenvalue weighted by Crippen LogP contribution is 2.29. The molecule has 1 aromatic rings. The van der Waals surface area contributed by atoms with E-state index in [0.29, 0.717) is 5.69 Å². The van der Waals surface area contributed by atoms with Crippen LogP contribution < -0.4 is 11.1 Å². The summed E-state index contributed by atoms with van der Waals surface area (Å²) < 4.78 is 23.2. The maximum Gasteiger partial charge on any atom is 0.177 e. The number of para-hydroxylation sites is 1. The van der Waals surface area contributed by atoms with Gasteiger partial charge in [-0.1, -0.05) is 31.7 Å². The fourth-order valence-electron chi connectivity index (χ4n) is 2.93. The molecule has 0 aromatic heterocycles. The van der Waals surface area contributed by atoms with Crippen LogP contribution in [0.25, 0.3) is 0 Å². The number of nitrogens with one attached hydrogen (secondary N) is 1. The fraction of sp³-hybridized carbons (Fsp3) is 0.600. The molecular weight excluding hydrogens is 272 g/mol. The molecular formula is C15H24N2O2S. The highest BCUT2D eigenvalue weighted by atomic mass is 32.2. The van der Waals surface area contributed by atoms with Crippen LogP contribution in [0, 0.1) is 5.92 Å². The summed E-state index contributed by atoms with van der Waals surface area (Å²) in [4.78, 5) is 0.207. The van der Waals surface area contributed by atoms with Crippen molar-refractivity contribution in [2.45, 2.75) is 43.4 Å². The largest absolute Gasteiger partial charge is 0.396 e. The lowest BCUT2D eigenvalue weighted by Crippen LogP contribution is -2.09. The van der Waals surface area contributed by atoms with Gasteiger partial charge in [-0.05, 0) is 30.9 Å². The third-order valence-electron chi connectivity index (χ3n) is 4.04. The van der Waals surface area contributed by atoms with Crippen molar-refractivity contribution in [3.63, 3.8) is 0 Å². The van der Waals surface area contributed by atoms with E-state index < -0.39 is 9.84 Å². The van der Waals surface area contributed by atoms with Gasteiger partial charge in [-0.3, -0.25) is 0 Å². The second-order valence-corrected chi connectivity index (χ2v) is 7.69. The molecule has 0 bridgehead atoms. The van der Waals surface area contributed by atoms with Crippen LogP contribution in [0.15, 0.2) is 23.1 Å². The average Bonchev–Trinajstić information content (AvgIpc) is 2.88. The molecule has 3 N–H and O–H groups in total. The monoisotopic (exact) mass is 296 g/mol. The number of benzene rings is 1. The lowest BCUT2D eigenvalue weighted by Gasteiger charge is -2.13. The molecule has 0 amide bonds. The van der Waals surface area contributed by atoms with Crippen LogP contribution in [0.1, 0.15) is 38.5 Å². The van der Waals surface area contributed by atoms with Gasteiger partial charge in [0, 0.05) is 12.8 Å². The van der Waals surface area contributed by atoms with Crippen molar-refractivity contribution in [1.29, 1.82) is 0 Å². The van der Waals surface area contributed by atoms with Crippen molar-refractivity contribution in [1.82, 2.24) is 0 Å². The number of hydrogen-bond acceptors (Lipinski definition) is 4. The maximum atomic E-state index is 11.6. The highest BCUT2D eigenvalue weighted by molar-refractivity contribution is 7.90. The Hall–Kier alpha value is -1.23. The molecule has 1 aromatic carbocycles. The van der Waals surface area contributed by atoms with E-state index in [9.17, 15) is 8.42 Å². The van der Waals surface area contributed by atoms with Crippen LogP contribution in [-0.4, -0.2) is 21.2 Å².